The molecule has 0 amide bonds. The molecule has 50 valence electrons. The van der Waals surface area contributed by atoms with Crippen molar-refractivity contribution < 1.29 is 5.11 Å². The second kappa shape index (κ2) is 3.53. The fourth-order valence-corrected chi connectivity index (χ4v) is 1.04. The lowest BCUT2D eigenvalue weighted by Crippen LogP contribution is -1.85. The number of aromatic amines is 1. The van der Waals surface area contributed by atoms with Crippen LogP contribution in [0, 0.1) is 0 Å². The first kappa shape index (κ1) is 6.64. The van der Waals surface area contributed by atoms with Gasteiger partial charge in [-0.15, -0.1) is 0 Å². The van der Waals surface area contributed by atoms with Crippen LogP contribution in [0.1, 0.15) is 0 Å². The summed E-state index contributed by atoms with van der Waals surface area (Å²) in [6, 6.07) is 0. The molecule has 0 radical (unpaired) electrons. The molecule has 0 saturated carbocycles. The van der Waals surface area contributed by atoms with Gasteiger partial charge in [0.2, 0.25) is 0 Å². The van der Waals surface area contributed by atoms with Crippen LogP contribution in [-0.4, -0.2) is 27.4 Å². The molecular formula is C5H8N2OS. The van der Waals surface area contributed by atoms with Crippen molar-refractivity contribution in [3.8, 4) is 0 Å². The SMILES string of the molecule is OCCSc1ncc[nH]1. The first-order chi connectivity index (χ1) is 4.43. The van der Waals surface area contributed by atoms with E-state index >= 15 is 0 Å². The van der Waals surface area contributed by atoms with E-state index in [0.717, 1.165) is 5.16 Å². The van der Waals surface area contributed by atoms with Gasteiger partial charge in [0.1, 0.15) is 0 Å². The molecule has 0 fully saturated rings. The Morgan fingerprint density at radius 1 is 1.78 bits per heavy atom. The van der Waals surface area contributed by atoms with Crippen LogP contribution in [0.25, 0.3) is 0 Å². The Kier molecular flexibility index (Phi) is 2.60. The van der Waals surface area contributed by atoms with Crippen molar-refractivity contribution in [2.75, 3.05) is 12.4 Å². The van der Waals surface area contributed by atoms with E-state index < -0.39 is 0 Å². The predicted octanol–water partition coefficient (Wildman–Crippen LogP) is 0.494. The number of hydrogen-bond donors (Lipinski definition) is 2. The quantitative estimate of drug-likeness (QED) is 0.607. The van der Waals surface area contributed by atoms with Crippen molar-refractivity contribution in [3.63, 3.8) is 0 Å². The zero-order valence-electron chi connectivity index (χ0n) is 4.87. The fourth-order valence-electron chi connectivity index (χ4n) is 0.472. The maximum absolute atomic E-state index is 8.40. The van der Waals surface area contributed by atoms with Gasteiger partial charge in [0.25, 0.3) is 0 Å². The molecule has 0 bridgehead atoms. The van der Waals surface area contributed by atoms with Gasteiger partial charge in [0, 0.05) is 18.1 Å². The fraction of sp³-hybridized carbons (Fsp3) is 0.400. The van der Waals surface area contributed by atoms with Crippen LogP contribution in [0.15, 0.2) is 17.6 Å². The van der Waals surface area contributed by atoms with Crippen LogP contribution in [0.4, 0.5) is 0 Å². The van der Waals surface area contributed by atoms with E-state index in [4.69, 9.17) is 5.11 Å². The maximum Gasteiger partial charge on any atom is 0.165 e. The van der Waals surface area contributed by atoms with E-state index in [1.165, 1.54) is 11.8 Å². The maximum atomic E-state index is 8.40. The minimum atomic E-state index is 0.200. The van der Waals surface area contributed by atoms with E-state index in [0.29, 0.717) is 5.75 Å². The van der Waals surface area contributed by atoms with Crippen molar-refractivity contribution in [2.24, 2.45) is 0 Å². The van der Waals surface area contributed by atoms with Crippen LogP contribution in [0.5, 0.6) is 0 Å². The highest BCUT2D eigenvalue weighted by atomic mass is 32.2. The molecule has 3 nitrogen and oxygen atoms in total. The van der Waals surface area contributed by atoms with Crippen molar-refractivity contribution in [3.05, 3.63) is 12.4 Å². The van der Waals surface area contributed by atoms with E-state index in [1.54, 1.807) is 12.4 Å². The minimum Gasteiger partial charge on any atom is -0.396 e. The van der Waals surface area contributed by atoms with Gasteiger partial charge >= 0.3 is 0 Å². The largest absolute Gasteiger partial charge is 0.396 e. The zero-order valence-corrected chi connectivity index (χ0v) is 5.69. The highest BCUT2D eigenvalue weighted by molar-refractivity contribution is 7.99. The second-order valence-electron chi connectivity index (χ2n) is 1.47. The number of aliphatic hydroxyl groups is 1. The van der Waals surface area contributed by atoms with E-state index in [9.17, 15) is 0 Å². The second-order valence-corrected chi connectivity index (χ2v) is 2.55. The molecule has 9 heavy (non-hydrogen) atoms. The summed E-state index contributed by atoms with van der Waals surface area (Å²) in [5.41, 5.74) is 0. The molecule has 0 unspecified atom stereocenters. The summed E-state index contributed by atoms with van der Waals surface area (Å²) in [7, 11) is 0. The Balaban J connectivity index is 2.30. The van der Waals surface area contributed by atoms with Crippen molar-refractivity contribution >= 4 is 11.8 Å². The van der Waals surface area contributed by atoms with Gasteiger partial charge in [-0.05, 0) is 0 Å². The van der Waals surface area contributed by atoms with Gasteiger partial charge in [-0.25, -0.2) is 4.98 Å². The number of H-pyrrole nitrogens is 1. The molecule has 0 aliphatic heterocycles. The Labute approximate surface area is 57.5 Å². The zero-order chi connectivity index (χ0) is 6.53. The van der Waals surface area contributed by atoms with Crippen LogP contribution >= 0.6 is 11.8 Å². The molecule has 1 aromatic rings. The first-order valence-electron chi connectivity index (χ1n) is 2.66. The summed E-state index contributed by atoms with van der Waals surface area (Å²) in [5, 5.41) is 9.27. The molecule has 2 N–H and O–H groups in total. The Hall–Kier alpha value is -0.480. The molecular weight excluding hydrogens is 136 g/mol. The number of hydrogen-bond acceptors (Lipinski definition) is 3. The number of aliphatic hydroxyl groups excluding tert-OH is 1. The molecule has 0 aromatic carbocycles. The Morgan fingerprint density at radius 2 is 2.67 bits per heavy atom. The van der Waals surface area contributed by atoms with Crippen LogP contribution in [0.3, 0.4) is 0 Å². The van der Waals surface area contributed by atoms with Gasteiger partial charge < -0.3 is 10.1 Å². The summed E-state index contributed by atoms with van der Waals surface area (Å²) in [6.07, 6.45) is 3.46. The number of nitrogens with one attached hydrogen (secondary N) is 1. The number of rotatable bonds is 3. The summed E-state index contributed by atoms with van der Waals surface area (Å²) >= 11 is 1.51. The van der Waals surface area contributed by atoms with Crippen molar-refractivity contribution in [2.45, 2.75) is 5.16 Å². The molecule has 1 heterocycles. The topological polar surface area (TPSA) is 48.9 Å². The molecule has 4 heteroatoms. The number of aromatic nitrogens is 2. The number of nitrogens with zero attached hydrogens (tertiary/aromatic N) is 1. The minimum absolute atomic E-state index is 0.200. The molecule has 0 atom stereocenters. The summed E-state index contributed by atoms with van der Waals surface area (Å²) < 4.78 is 0. The van der Waals surface area contributed by atoms with Crippen molar-refractivity contribution in [1.29, 1.82) is 0 Å². The number of imidazole rings is 1. The van der Waals surface area contributed by atoms with Gasteiger partial charge in [-0.2, -0.15) is 0 Å². The summed E-state index contributed by atoms with van der Waals surface area (Å²) in [5.74, 6) is 0.702. The lowest BCUT2D eigenvalue weighted by atomic mass is 10.9. The van der Waals surface area contributed by atoms with E-state index in [-0.39, 0.29) is 6.61 Å². The lowest BCUT2D eigenvalue weighted by molar-refractivity contribution is 0.322. The highest BCUT2D eigenvalue weighted by Gasteiger charge is 1.91. The monoisotopic (exact) mass is 144 g/mol. The predicted molar refractivity (Wildman–Crippen MR) is 36.4 cm³/mol. The molecule has 1 rings (SSSR count). The highest BCUT2D eigenvalue weighted by Crippen LogP contribution is 2.09. The summed E-state index contributed by atoms with van der Waals surface area (Å²) in [6.45, 7) is 0.200. The van der Waals surface area contributed by atoms with E-state index in [2.05, 4.69) is 9.97 Å². The average molecular weight is 144 g/mol. The Morgan fingerprint density at radius 3 is 3.22 bits per heavy atom. The van der Waals surface area contributed by atoms with Crippen LogP contribution in [-0.2, 0) is 0 Å². The summed E-state index contributed by atoms with van der Waals surface area (Å²) in [4.78, 5) is 6.86. The molecule has 1 aromatic heterocycles. The van der Waals surface area contributed by atoms with Gasteiger partial charge in [-0.3, -0.25) is 0 Å². The average Bonchev–Trinajstić information content (AvgIpc) is 2.34. The standard InChI is InChI=1S/C5H8N2OS/c8-3-4-9-5-6-1-2-7-5/h1-2,8H,3-4H2,(H,6,7). The molecule has 0 aliphatic rings. The molecule has 0 aliphatic carbocycles. The van der Waals surface area contributed by atoms with Crippen LogP contribution < -0.4 is 0 Å². The third-order valence-corrected chi connectivity index (χ3v) is 1.69. The molecule has 0 saturated heterocycles. The van der Waals surface area contributed by atoms with Gasteiger partial charge in [0.05, 0.1) is 6.61 Å². The van der Waals surface area contributed by atoms with Crippen LogP contribution in [0.2, 0.25) is 0 Å². The lowest BCUT2D eigenvalue weighted by Gasteiger charge is -1.89. The first-order valence-corrected chi connectivity index (χ1v) is 3.65. The van der Waals surface area contributed by atoms with E-state index in [1.807, 2.05) is 0 Å². The van der Waals surface area contributed by atoms with Gasteiger partial charge in [0.15, 0.2) is 5.16 Å². The smallest absolute Gasteiger partial charge is 0.165 e. The molecule has 0 spiro atoms. The third-order valence-electron chi connectivity index (χ3n) is 0.803. The Bertz CT molecular complexity index is 152. The normalized spacial score (nSPS) is 9.89. The van der Waals surface area contributed by atoms with Gasteiger partial charge in [-0.1, -0.05) is 11.8 Å². The van der Waals surface area contributed by atoms with Crippen molar-refractivity contribution in [1.82, 2.24) is 9.97 Å². The number of thioether (sulfide) groups is 1. The third kappa shape index (κ3) is 2.07.